The van der Waals surface area contributed by atoms with Crippen molar-refractivity contribution in [3.63, 3.8) is 0 Å². The van der Waals surface area contributed by atoms with Crippen LogP contribution in [0, 0.1) is 0 Å². The fourth-order valence-corrected chi connectivity index (χ4v) is 3.04. The van der Waals surface area contributed by atoms with Crippen molar-refractivity contribution in [2.45, 2.75) is 16.6 Å². The third-order valence-corrected chi connectivity index (χ3v) is 4.24. The number of carbonyl (C=O) groups excluding carboxylic acids is 2. The topological polar surface area (TPSA) is 43.4 Å². The van der Waals surface area contributed by atoms with E-state index in [0.29, 0.717) is 11.8 Å². The van der Waals surface area contributed by atoms with Crippen molar-refractivity contribution < 1.29 is 14.3 Å². The summed E-state index contributed by atoms with van der Waals surface area (Å²) >= 11 is 1.61. The second-order valence-corrected chi connectivity index (χ2v) is 5.47. The van der Waals surface area contributed by atoms with Gasteiger partial charge in [0.05, 0.1) is 7.11 Å². The van der Waals surface area contributed by atoms with Crippen LogP contribution < -0.4 is 0 Å². The van der Waals surface area contributed by atoms with E-state index in [4.69, 9.17) is 4.74 Å². The minimum atomic E-state index is -0.866. The zero-order valence-corrected chi connectivity index (χ0v) is 12.5. The summed E-state index contributed by atoms with van der Waals surface area (Å²) in [5, 5.41) is 0. The van der Waals surface area contributed by atoms with Crippen LogP contribution >= 0.6 is 11.8 Å². The average Bonchev–Trinajstić information content (AvgIpc) is 2.55. The first-order valence-electron chi connectivity index (χ1n) is 6.55. The molecule has 0 aromatic heterocycles. The van der Waals surface area contributed by atoms with Crippen LogP contribution in [-0.2, 0) is 20.1 Å². The van der Waals surface area contributed by atoms with Gasteiger partial charge in [0.25, 0.3) is 0 Å². The highest BCUT2D eigenvalue weighted by atomic mass is 32.2. The Balaban J connectivity index is 2.20. The van der Waals surface area contributed by atoms with Crippen LogP contribution in [0.5, 0.6) is 0 Å². The van der Waals surface area contributed by atoms with Gasteiger partial charge in [-0.15, -0.1) is 11.8 Å². The molecule has 1 atom stereocenters. The Bertz CT molecular complexity index is 610. The maximum atomic E-state index is 11.7. The molecule has 0 spiro atoms. The van der Waals surface area contributed by atoms with E-state index in [1.807, 2.05) is 48.5 Å². The van der Waals surface area contributed by atoms with Gasteiger partial charge in [0.1, 0.15) is 12.2 Å². The fourth-order valence-electron chi connectivity index (χ4n) is 1.99. The zero-order chi connectivity index (χ0) is 15.1. The van der Waals surface area contributed by atoms with Crippen LogP contribution in [0.15, 0.2) is 59.5 Å². The Labute approximate surface area is 128 Å². The first-order chi connectivity index (χ1) is 10.3. The monoisotopic (exact) mass is 300 g/mol. The lowest BCUT2D eigenvalue weighted by molar-refractivity contribution is -0.143. The van der Waals surface area contributed by atoms with Crippen LogP contribution in [0.2, 0.25) is 0 Å². The van der Waals surface area contributed by atoms with Crippen LogP contribution in [-0.4, -0.2) is 19.4 Å². The van der Waals surface area contributed by atoms with Gasteiger partial charge in [0.15, 0.2) is 0 Å². The molecular weight excluding hydrogens is 284 g/mol. The minimum Gasteiger partial charge on any atom is -0.468 e. The van der Waals surface area contributed by atoms with Crippen molar-refractivity contribution in [1.82, 2.24) is 0 Å². The number of aldehydes is 1. The van der Waals surface area contributed by atoms with Gasteiger partial charge in [0, 0.05) is 10.6 Å². The number of benzene rings is 2. The summed E-state index contributed by atoms with van der Waals surface area (Å²) in [7, 11) is 1.29. The van der Waals surface area contributed by atoms with Gasteiger partial charge >= 0.3 is 5.97 Å². The van der Waals surface area contributed by atoms with E-state index < -0.39 is 11.9 Å². The van der Waals surface area contributed by atoms with Crippen LogP contribution in [0.3, 0.4) is 0 Å². The Morgan fingerprint density at radius 3 is 2.48 bits per heavy atom. The third kappa shape index (κ3) is 3.95. The number of ether oxygens (including phenoxy) is 1. The summed E-state index contributed by atoms with van der Waals surface area (Å²) in [5.41, 5.74) is 1.89. The van der Waals surface area contributed by atoms with E-state index in [2.05, 4.69) is 0 Å². The Morgan fingerprint density at radius 1 is 1.14 bits per heavy atom. The lowest BCUT2D eigenvalue weighted by Crippen LogP contribution is -2.16. The summed E-state index contributed by atoms with van der Waals surface area (Å²) < 4.78 is 4.70. The Kier molecular flexibility index (Phi) is 5.58. The van der Waals surface area contributed by atoms with Crippen molar-refractivity contribution in [3.05, 3.63) is 65.7 Å². The molecule has 0 N–H and O–H groups in total. The molecule has 0 heterocycles. The number of esters is 1. The van der Waals surface area contributed by atoms with Gasteiger partial charge < -0.3 is 9.53 Å². The predicted molar refractivity (Wildman–Crippen MR) is 83.3 cm³/mol. The highest BCUT2D eigenvalue weighted by molar-refractivity contribution is 7.98. The molecule has 0 amide bonds. The van der Waals surface area contributed by atoms with E-state index in [1.54, 1.807) is 17.8 Å². The van der Waals surface area contributed by atoms with Crippen molar-refractivity contribution in [3.8, 4) is 0 Å². The molecule has 0 bridgehead atoms. The van der Waals surface area contributed by atoms with Crippen molar-refractivity contribution in [1.29, 1.82) is 0 Å². The predicted octanol–water partition coefficient (Wildman–Crippen LogP) is 3.43. The number of hydrogen-bond donors (Lipinski definition) is 0. The normalized spacial score (nSPS) is 11.7. The molecule has 0 fully saturated rings. The highest BCUT2D eigenvalue weighted by Crippen LogP contribution is 2.30. The fraction of sp³-hybridized carbons (Fsp3) is 0.176. The molecule has 2 aromatic carbocycles. The van der Waals surface area contributed by atoms with Crippen LogP contribution in [0.4, 0.5) is 0 Å². The van der Waals surface area contributed by atoms with Gasteiger partial charge in [-0.3, -0.25) is 4.79 Å². The molecule has 21 heavy (non-hydrogen) atoms. The number of rotatable bonds is 6. The Morgan fingerprint density at radius 2 is 1.81 bits per heavy atom. The number of hydrogen-bond acceptors (Lipinski definition) is 4. The number of thioether (sulfide) groups is 1. The molecule has 3 nitrogen and oxygen atoms in total. The molecule has 1 unspecified atom stereocenters. The first kappa shape index (κ1) is 15.3. The van der Waals surface area contributed by atoms with Crippen molar-refractivity contribution in [2.24, 2.45) is 0 Å². The molecule has 0 radical (unpaired) electrons. The molecule has 0 saturated carbocycles. The van der Waals surface area contributed by atoms with E-state index in [-0.39, 0.29) is 0 Å². The molecule has 0 aliphatic rings. The minimum absolute atomic E-state index is 0.530. The van der Waals surface area contributed by atoms with Gasteiger partial charge in [-0.1, -0.05) is 48.5 Å². The molecule has 108 valence electrons. The van der Waals surface area contributed by atoms with Crippen molar-refractivity contribution in [2.75, 3.05) is 7.11 Å². The maximum absolute atomic E-state index is 11.7. The third-order valence-electron chi connectivity index (χ3n) is 3.08. The van der Waals surface area contributed by atoms with Crippen LogP contribution in [0.1, 0.15) is 17.0 Å². The van der Waals surface area contributed by atoms with E-state index >= 15 is 0 Å². The lowest BCUT2D eigenvalue weighted by atomic mass is 10.0. The SMILES string of the molecule is COC(=O)C(C=O)c1ccccc1SCc1ccccc1. The average molecular weight is 300 g/mol. The summed E-state index contributed by atoms with van der Waals surface area (Å²) in [6.45, 7) is 0. The van der Waals surface area contributed by atoms with E-state index in [0.717, 1.165) is 10.6 Å². The second-order valence-electron chi connectivity index (χ2n) is 4.45. The highest BCUT2D eigenvalue weighted by Gasteiger charge is 2.23. The summed E-state index contributed by atoms with van der Waals surface area (Å²) in [4.78, 5) is 23.8. The van der Waals surface area contributed by atoms with Gasteiger partial charge in [0.2, 0.25) is 0 Å². The molecule has 2 rings (SSSR count). The lowest BCUT2D eigenvalue weighted by Gasteiger charge is -2.13. The summed E-state index contributed by atoms with van der Waals surface area (Å²) in [6, 6.07) is 17.5. The second kappa shape index (κ2) is 7.64. The largest absolute Gasteiger partial charge is 0.468 e. The smallest absolute Gasteiger partial charge is 0.320 e. The van der Waals surface area contributed by atoms with Gasteiger partial charge in [-0.25, -0.2) is 0 Å². The molecule has 4 heteroatoms. The van der Waals surface area contributed by atoms with E-state index in [9.17, 15) is 9.59 Å². The van der Waals surface area contributed by atoms with Gasteiger partial charge in [-0.05, 0) is 17.2 Å². The number of carbonyl (C=O) groups is 2. The quantitative estimate of drug-likeness (QED) is 0.355. The number of methoxy groups -OCH3 is 1. The van der Waals surface area contributed by atoms with Gasteiger partial charge in [-0.2, -0.15) is 0 Å². The molecule has 0 saturated heterocycles. The van der Waals surface area contributed by atoms with E-state index in [1.165, 1.54) is 12.7 Å². The summed E-state index contributed by atoms with van der Waals surface area (Å²) in [5.74, 6) is -0.614. The molecule has 0 aliphatic carbocycles. The molecule has 0 aliphatic heterocycles. The summed E-state index contributed by atoms with van der Waals surface area (Å²) in [6.07, 6.45) is 0.633. The zero-order valence-electron chi connectivity index (χ0n) is 11.7. The maximum Gasteiger partial charge on any atom is 0.320 e. The van der Waals surface area contributed by atoms with Crippen molar-refractivity contribution >= 4 is 24.0 Å². The molecular formula is C17H16O3S. The Hall–Kier alpha value is -2.07. The standard InChI is InChI=1S/C17H16O3S/c1-20-17(19)15(11-18)14-9-5-6-10-16(14)21-12-13-7-3-2-4-8-13/h2-11,15H,12H2,1H3. The van der Waals surface area contributed by atoms with Crippen LogP contribution in [0.25, 0.3) is 0 Å². The molecule has 2 aromatic rings. The first-order valence-corrected chi connectivity index (χ1v) is 7.53.